The van der Waals surface area contributed by atoms with Crippen LogP contribution in [0.25, 0.3) is 0 Å². The molecule has 0 fully saturated rings. The highest BCUT2D eigenvalue weighted by atomic mass is 35.5. The second kappa shape index (κ2) is 5.98. The van der Waals surface area contributed by atoms with Gasteiger partial charge in [-0.15, -0.1) is 11.6 Å². The van der Waals surface area contributed by atoms with E-state index in [0.717, 1.165) is 11.3 Å². The van der Waals surface area contributed by atoms with E-state index in [0.29, 0.717) is 22.4 Å². The van der Waals surface area contributed by atoms with Gasteiger partial charge in [-0.25, -0.2) is 0 Å². The van der Waals surface area contributed by atoms with Gasteiger partial charge >= 0.3 is 0 Å². The van der Waals surface area contributed by atoms with E-state index >= 15 is 0 Å². The fourth-order valence-corrected chi connectivity index (χ4v) is 1.89. The normalized spacial score (nSPS) is 10.2. The largest absolute Gasteiger partial charge is 0.497 e. The van der Waals surface area contributed by atoms with Gasteiger partial charge in [0.25, 0.3) is 0 Å². The molecule has 0 unspecified atom stereocenters. The molecule has 2 nitrogen and oxygen atoms in total. The summed E-state index contributed by atoms with van der Waals surface area (Å²) >= 11 is 11.8. The lowest BCUT2D eigenvalue weighted by Gasteiger charge is -2.09. The first-order valence-electron chi connectivity index (χ1n) is 5.39. The van der Waals surface area contributed by atoms with E-state index in [1.165, 1.54) is 0 Å². The molecule has 0 aromatic heterocycles. The fraction of sp³-hybridized carbons (Fsp3) is 0.143. The SMILES string of the molecule is COc1ccc(Oc2ccc(CCl)cc2Cl)cc1. The molecule has 4 heteroatoms. The summed E-state index contributed by atoms with van der Waals surface area (Å²) in [5.41, 5.74) is 0.962. The smallest absolute Gasteiger partial charge is 0.146 e. The molecule has 2 aromatic carbocycles. The summed E-state index contributed by atoms with van der Waals surface area (Å²) in [5, 5.41) is 0.545. The molecule has 0 heterocycles. The lowest BCUT2D eigenvalue weighted by molar-refractivity contribution is 0.413. The van der Waals surface area contributed by atoms with E-state index in [9.17, 15) is 0 Å². The second-order valence-electron chi connectivity index (χ2n) is 3.68. The van der Waals surface area contributed by atoms with E-state index in [4.69, 9.17) is 32.7 Å². The summed E-state index contributed by atoms with van der Waals surface area (Å²) in [4.78, 5) is 0. The van der Waals surface area contributed by atoms with Gasteiger partial charge in [-0.2, -0.15) is 0 Å². The number of ether oxygens (including phenoxy) is 2. The second-order valence-corrected chi connectivity index (χ2v) is 4.35. The van der Waals surface area contributed by atoms with Crippen molar-refractivity contribution < 1.29 is 9.47 Å². The van der Waals surface area contributed by atoms with Crippen LogP contribution in [-0.4, -0.2) is 7.11 Å². The highest BCUT2D eigenvalue weighted by Gasteiger charge is 2.04. The van der Waals surface area contributed by atoms with E-state index < -0.39 is 0 Å². The van der Waals surface area contributed by atoms with Gasteiger partial charge in [0.05, 0.1) is 12.1 Å². The number of halogens is 2. The summed E-state index contributed by atoms with van der Waals surface area (Å²) in [6, 6.07) is 12.8. The molecule has 0 aliphatic rings. The molecule has 0 saturated heterocycles. The Morgan fingerprint density at radius 2 is 1.67 bits per heavy atom. The zero-order valence-electron chi connectivity index (χ0n) is 9.82. The molecule has 2 aromatic rings. The number of hydrogen-bond donors (Lipinski definition) is 0. The van der Waals surface area contributed by atoms with Crippen molar-refractivity contribution in [1.82, 2.24) is 0 Å². The van der Waals surface area contributed by atoms with Crippen molar-refractivity contribution in [2.45, 2.75) is 5.88 Å². The number of benzene rings is 2. The average molecular weight is 283 g/mol. The first kappa shape index (κ1) is 13.1. The van der Waals surface area contributed by atoms with Crippen molar-refractivity contribution in [2.24, 2.45) is 0 Å². The summed E-state index contributed by atoms with van der Waals surface area (Å²) in [5.74, 6) is 2.53. The molecule has 94 valence electrons. The van der Waals surface area contributed by atoms with E-state index in [1.54, 1.807) is 13.2 Å². The lowest BCUT2D eigenvalue weighted by atomic mass is 10.2. The summed E-state index contributed by atoms with van der Waals surface area (Å²) in [6.07, 6.45) is 0. The zero-order chi connectivity index (χ0) is 13.0. The average Bonchev–Trinajstić information content (AvgIpc) is 2.42. The molecular weight excluding hydrogens is 271 g/mol. The van der Waals surface area contributed by atoms with Crippen molar-refractivity contribution in [3.05, 3.63) is 53.1 Å². The molecule has 0 saturated carbocycles. The van der Waals surface area contributed by atoms with Crippen LogP contribution >= 0.6 is 23.2 Å². The minimum Gasteiger partial charge on any atom is -0.497 e. The third kappa shape index (κ3) is 3.09. The Labute approximate surface area is 116 Å². The molecule has 0 aliphatic heterocycles. The van der Waals surface area contributed by atoms with Crippen LogP contribution in [0, 0.1) is 0 Å². The van der Waals surface area contributed by atoms with Gasteiger partial charge in [-0.05, 0) is 42.0 Å². The summed E-state index contributed by atoms with van der Waals surface area (Å²) < 4.78 is 10.8. The topological polar surface area (TPSA) is 18.5 Å². The van der Waals surface area contributed by atoms with Crippen molar-refractivity contribution in [3.8, 4) is 17.2 Å². The maximum absolute atomic E-state index is 6.11. The molecule has 0 spiro atoms. The zero-order valence-corrected chi connectivity index (χ0v) is 11.3. The quantitative estimate of drug-likeness (QED) is 0.744. The molecule has 0 bridgehead atoms. The predicted octanol–water partition coefficient (Wildman–Crippen LogP) is 4.88. The van der Waals surface area contributed by atoms with Crippen LogP contribution in [0.5, 0.6) is 17.2 Å². The monoisotopic (exact) mass is 282 g/mol. The first-order valence-corrected chi connectivity index (χ1v) is 6.30. The van der Waals surface area contributed by atoms with Crippen LogP contribution in [0.4, 0.5) is 0 Å². The van der Waals surface area contributed by atoms with Crippen LogP contribution in [0.15, 0.2) is 42.5 Å². The van der Waals surface area contributed by atoms with Gasteiger partial charge in [0.2, 0.25) is 0 Å². The fourth-order valence-electron chi connectivity index (χ4n) is 1.48. The minimum absolute atomic E-state index is 0.433. The van der Waals surface area contributed by atoms with Crippen LogP contribution in [0.3, 0.4) is 0 Å². The molecule has 18 heavy (non-hydrogen) atoms. The predicted molar refractivity (Wildman–Crippen MR) is 74.1 cm³/mol. The molecule has 0 amide bonds. The molecule has 0 N–H and O–H groups in total. The Morgan fingerprint density at radius 3 is 2.22 bits per heavy atom. The van der Waals surface area contributed by atoms with Crippen molar-refractivity contribution in [2.75, 3.05) is 7.11 Å². The van der Waals surface area contributed by atoms with Crippen molar-refractivity contribution >= 4 is 23.2 Å². The number of alkyl halides is 1. The minimum atomic E-state index is 0.433. The molecule has 0 aliphatic carbocycles. The van der Waals surface area contributed by atoms with Crippen LogP contribution in [0.2, 0.25) is 5.02 Å². The van der Waals surface area contributed by atoms with Gasteiger partial charge in [0.1, 0.15) is 17.2 Å². The highest BCUT2D eigenvalue weighted by molar-refractivity contribution is 6.32. The highest BCUT2D eigenvalue weighted by Crippen LogP contribution is 2.31. The third-order valence-corrected chi connectivity index (χ3v) is 3.04. The van der Waals surface area contributed by atoms with E-state index in [2.05, 4.69) is 0 Å². The Morgan fingerprint density at radius 1 is 1.00 bits per heavy atom. The summed E-state index contributed by atoms with van der Waals surface area (Å²) in [7, 11) is 1.62. The first-order chi connectivity index (χ1) is 8.72. The van der Waals surface area contributed by atoms with Crippen molar-refractivity contribution in [1.29, 1.82) is 0 Å². The van der Waals surface area contributed by atoms with E-state index in [-0.39, 0.29) is 0 Å². The Hall–Kier alpha value is -1.38. The third-order valence-electron chi connectivity index (χ3n) is 2.44. The molecule has 0 radical (unpaired) electrons. The van der Waals surface area contributed by atoms with Crippen molar-refractivity contribution in [3.63, 3.8) is 0 Å². The molecule has 2 rings (SSSR count). The molecular formula is C14H12Cl2O2. The standard InChI is InChI=1S/C14H12Cl2O2/c1-17-11-3-5-12(6-4-11)18-14-7-2-10(9-15)8-13(14)16/h2-8H,9H2,1H3. The van der Waals surface area contributed by atoms with Crippen LogP contribution in [-0.2, 0) is 5.88 Å². The van der Waals surface area contributed by atoms with E-state index in [1.807, 2.05) is 36.4 Å². The number of rotatable bonds is 4. The van der Waals surface area contributed by atoms with Crippen LogP contribution < -0.4 is 9.47 Å². The lowest BCUT2D eigenvalue weighted by Crippen LogP contribution is -1.87. The molecule has 0 atom stereocenters. The van der Waals surface area contributed by atoms with Gasteiger partial charge in [0.15, 0.2) is 0 Å². The Kier molecular flexibility index (Phi) is 4.34. The number of methoxy groups -OCH3 is 1. The maximum Gasteiger partial charge on any atom is 0.146 e. The van der Waals surface area contributed by atoms with Gasteiger partial charge in [0, 0.05) is 5.88 Å². The van der Waals surface area contributed by atoms with Gasteiger partial charge in [-0.1, -0.05) is 17.7 Å². The Bertz CT molecular complexity index is 524. The van der Waals surface area contributed by atoms with Crippen LogP contribution in [0.1, 0.15) is 5.56 Å². The van der Waals surface area contributed by atoms with Gasteiger partial charge < -0.3 is 9.47 Å². The van der Waals surface area contributed by atoms with Gasteiger partial charge in [-0.3, -0.25) is 0 Å². The Balaban J connectivity index is 2.17. The number of hydrogen-bond acceptors (Lipinski definition) is 2. The maximum atomic E-state index is 6.11. The summed E-state index contributed by atoms with van der Waals surface area (Å²) in [6.45, 7) is 0.